The minimum atomic E-state index is -0.563. The molecule has 0 bridgehead atoms. The molecule has 0 aliphatic heterocycles. The molecular formula is C16H18FN3O. The van der Waals surface area contributed by atoms with Crippen molar-refractivity contribution >= 4 is 17.3 Å². The number of anilines is 2. The van der Waals surface area contributed by atoms with Crippen molar-refractivity contribution in [1.82, 2.24) is 0 Å². The molecule has 21 heavy (non-hydrogen) atoms. The van der Waals surface area contributed by atoms with Gasteiger partial charge in [-0.3, -0.25) is 4.79 Å². The summed E-state index contributed by atoms with van der Waals surface area (Å²) in [5.41, 5.74) is 13.3. The molecule has 0 saturated carbocycles. The highest BCUT2D eigenvalue weighted by Crippen LogP contribution is 2.20. The fourth-order valence-electron chi connectivity index (χ4n) is 2.13. The first kappa shape index (κ1) is 14.8. The number of hydrogen-bond donors (Lipinski definition) is 2. The monoisotopic (exact) mass is 287 g/mol. The van der Waals surface area contributed by atoms with E-state index in [1.165, 1.54) is 18.2 Å². The molecule has 0 aromatic heterocycles. The zero-order chi connectivity index (χ0) is 15.4. The van der Waals surface area contributed by atoms with Crippen LogP contribution >= 0.6 is 0 Å². The van der Waals surface area contributed by atoms with Crippen LogP contribution in [0.3, 0.4) is 0 Å². The van der Waals surface area contributed by atoms with Crippen LogP contribution in [0.25, 0.3) is 0 Å². The quantitative estimate of drug-likeness (QED) is 0.830. The van der Waals surface area contributed by atoms with Crippen molar-refractivity contribution in [3.05, 3.63) is 59.4 Å². The molecule has 5 heteroatoms. The molecule has 0 radical (unpaired) electrons. The summed E-state index contributed by atoms with van der Waals surface area (Å²) >= 11 is 0. The Labute approximate surface area is 123 Å². The van der Waals surface area contributed by atoms with Crippen LogP contribution in [0.5, 0.6) is 0 Å². The van der Waals surface area contributed by atoms with Gasteiger partial charge in [0.05, 0.1) is 0 Å². The lowest BCUT2D eigenvalue weighted by Gasteiger charge is -2.23. The maximum atomic E-state index is 13.9. The van der Waals surface area contributed by atoms with Gasteiger partial charge in [0.25, 0.3) is 0 Å². The highest BCUT2D eigenvalue weighted by Gasteiger charge is 2.11. The molecule has 2 aromatic rings. The molecule has 0 fully saturated rings. The molecular weight excluding hydrogens is 269 g/mol. The van der Waals surface area contributed by atoms with E-state index in [4.69, 9.17) is 11.5 Å². The number of benzene rings is 2. The summed E-state index contributed by atoms with van der Waals surface area (Å²) in [6.07, 6.45) is 0. The molecule has 4 N–H and O–H groups in total. The normalized spacial score (nSPS) is 10.4. The van der Waals surface area contributed by atoms with Gasteiger partial charge < -0.3 is 16.4 Å². The van der Waals surface area contributed by atoms with Gasteiger partial charge in [-0.15, -0.1) is 0 Å². The summed E-state index contributed by atoms with van der Waals surface area (Å²) in [7, 11) is 0. The van der Waals surface area contributed by atoms with Crippen molar-refractivity contribution < 1.29 is 9.18 Å². The summed E-state index contributed by atoms with van der Waals surface area (Å²) in [6.45, 7) is 3.03. The number of primary amides is 1. The summed E-state index contributed by atoms with van der Waals surface area (Å²) in [5, 5.41) is 0. The molecule has 4 nitrogen and oxygen atoms in total. The molecule has 2 aromatic carbocycles. The zero-order valence-electron chi connectivity index (χ0n) is 11.8. The Bertz CT molecular complexity index is 640. The summed E-state index contributed by atoms with van der Waals surface area (Å²) in [4.78, 5) is 13.2. The number of carbonyl (C=O) groups is 1. The van der Waals surface area contributed by atoms with Crippen LogP contribution in [-0.2, 0) is 6.54 Å². The number of amides is 1. The lowest BCUT2D eigenvalue weighted by Crippen LogP contribution is -2.23. The Morgan fingerprint density at radius 1 is 1.19 bits per heavy atom. The second kappa shape index (κ2) is 6.26. The minimum absolute atomic E-state index is 0.305. The first-order chi connectivity index (χ1) is 10.0. The van der Waals surface area contributed by atoms with Gasteiger partial charge in [0.15, 0.2) is 0 Å². The van der Waals surface area contributed by atoms with Crippen molar-refractivity contribution in [3.63, 3.8) is 0 Å². The average Bonchev–Trinajstić information content (AvgIpc) is 2.47. The Balaban J connectivity index is 2.28. The van der Waals surface area contributed by atoms with Gasteiger partial charge in [0, 0.05) is 35.6 Å². The molecule has 0 atom stereocenters. The molecule has 0 aliphatic carbocycles. The number of nitrogens with zero attached hydrogens (tertiary/aromatic N) is 1. The molecule has 0 aliphatic rings. The lowest BCUT2D eigenvalue weighted by atomic mass is 10.1. The van der Waals surface area contributed by atoms with E-state index >= 15 is 0 Å². The predicted octanol–water partition coefficient (Wildman–Crippen LogP) is 2.53. The van der Waals surface area contributed by atoms with E-state index in [-0.39, 0.29) is 5.82 Å². The van der Waals surface area contributed by atoms with Crippen LogP contribution in [0.1, 0.15) is 22.8 Å². The van der Waals surface area contributed by atoms with Crippen molar-refractivity contribution in [1.29, 1.82) is 0 Å². The van der Waals surface area contributed by atoms with Gasteiger partial charge in [0.1, 0.15) is 5.82 Å². The summed E-state index contributed by atoms with van der Waals surface area (Å²) in [6, 6.07) is 11.5. The average molecular weight is 287 g/mol. The number of nitrogen functional groups attached to an aromatic ring is 1. The van der Waals surface area contributed by atoms with E-state index in [2.05, 4.69) is 0 Å². The Kier molecular flexibility index (Phi) is 4.42. The van der Waals surface area contributed by atoms with Crippen molar-refractivity contribution in [3.8, 4) is 0 Å². The van der Waals surface area contributed by atoms with E-state index in [1.807, 2.05) is 24.0 Å². The fourth-order valence-corrected chi connectivity index (χ4v) is 2.13. The fraction of sp³-hybridized carbons (Fsp3) is 0.188. The minimum Gasteiger partial charge on any atom is -0.399 e. The van der Waals surface area contributed by atoms with E-state index in [9.17, 15) is 9.18 Å². The van der Waals surface area contributed by atoms with Crippen LogP contribution in [0.2, 0.25) is 0 Å². The second-order valence-corrected chi connectivity index (χ2v) is 4.78. The van der Waals surface area contributed by atoms with Gasteiger partial charge in [-0.2, -0.15) is 0 Å². The Morgan fingerprint density at radius 3 is 2.43 bits per heavy atom. The molecule has 1 amide bonds. The first-order valence-corrected chi connectivity index (χ1v) is 6.70. The van der Waals surface area contributed by atoms with Gasteiger partial charge >= 0.3 is 0 Å². The predicted molar refractivity (Wildman–Crippen MR) is 82.5 cm³/mol. The van der Waals surface area contributed by atoms with Crippen LogP contribution < -0.4 is 16.4 Å². The lowest BCUT2D eigenvalue weighted by molar-refractivity contribution is 0.1000. The third-order valence-corrected chi connectivity index (χ3v) is 3.33. The summed E-state index contributed by atoms with van der Waals surface area (Å²) in [5.74, 6) is -0.916. The number of carbonyl (C=O) groups excluding carboxylic acids is 1. The highest BCUT2D eigenvalue weighted by molar-refractivity contribution is 5.92. The molecule has 110 valence electrons. The smallest absolute Gasteiger partial charge is 0.248 e. The number of nitrogens with two attached hydrogens (primary N) is 2. The molecule has 0 spiro atoms. The van der Waals surface area contributed by atoms with E-state index in [0.717, 1.165) is 5.69 Å². The van der Waals surface area contributed by atoms with Crippen molar-refractivity contribution in [2.24, 2.45) is 5.73 Å². The van der Waals surface area contributed by atoms with Crippen LogP contribution in [-0.4, -0.2) is 12.5 Å². The van der Waals surface area contributed by atoms with E-state index in [1.54, 1.807) is 12.1 Å². The first-order valence-electron chi connectivity index (χ1n) is 6.70. The van der Waals surface area contributed by atoms with Crippen molar-refractivity contribution in [2.45, 2.75) is 13.5 Å². The standard InChI is InChI=1S/C16H18FN3O/c1-2-20(14-6-4-13(18)5-7-14)10-12-9-11(16(19)21)3-8-15(12)17/h3-9H,2,10,18H2,1H3,(H2,19,21). The molecule has 0 saturated heterocycles. The molecule has 2 rings (SSSR count). The van der Waals surface area contributed by atoms with Gasteiger partial charge in [-0.25, -0.2) is 4.39 Å². The Morgan fingerprint density at radius 2 is 1.86 bits per heavy atom. The largest absolute Gasteiger partial charge is 0.399 e. The van der Waals surface area contributed by atoms with Crippen molar-refractivity contribution in [2.75, 3.05) is 17.2 Å². The van der Waals surface area contributed by atoms with Crippen LogP contribution in [0, 0.1) is 5.82 Å². The van der Waals surface area contributed by atoms with Gasteiger partial charge in [-0.1, -0.05) is 0 Å². The third kappa shape index (κ3) is 3.51. The zero-order valence-corrected chi connectivity index (χ0v) is 11.8. The second-order valence-electron chi connectivity index (χ2n) is 4.78. The van der Waals surface area contributed by atoms with E-state index in [0.29, 0.717) is 29.9 Å². The third-order valence-electron chi connectivity index (χ3n) is 3.33. The maximum Gasteiger partial charge on any atom is 0.248 e. The number of halogens is 1. The van der Waals surface area contributed by atoms with Gasteiger partial charge in [-0.05, 0) is 49.4 Å². The number of hydrogen-bond acceptors (Lipinski definition) is 3. The SMILES string of the molecule is CCN(Cc1cc(C(N)=O)ccc1F)c1ccc(N)cc1. The topological polar surface area (TPSA) is 72.3 Å². The number of rotatable bonds is 5. The molecule has 0 heterocycles. The Hall–Kier alpha value is -2.56. The highest BCUT2D eigenvalue weighted by atomic mass is 19.1. The van der Waals surface area contributed by atoms with Gasteiger partial charge in [0.2, 0.25) is 5.91 Å². The molecule has 0 unspecified atom stereocenters. The van der Waals surface area contributed by atoms with Crippen LogP contribution in [0.4, 0.5) is 15.8 Å². The van der Waals surface area contributed by atoms with Crippen LogP contribution in [0.15, 0.2) is 42.5 Å². The maximum absolute atomic E-state index is 13.9. The summed E-state index contributed by atoms with van der Waals surface area (Å²) < 4.78 is 13.9. The van der Waals surface area contributed by atoms with E-state index < -0.39 is 5.91 Å².